The second-order valence-corrected chi connectivity index (χ2v) is 12.2. The van der Waals surface area contributed by atoms with E-state index in [2.05, 4.69) is 16.3 Å². The summed E-state index contributed by atoms with van der Waals surface area (Å²) in [5.41, 5.74) is 0.739. The second kappa shape index (κ2) is 11.4. The first kappa shape index (κ1) is 28.2. The molecule has 216 valence electrons. The standard InChI is InChI=1S/C31H33Cl2FN4O3/c32-22-5-1-3-20(17-22)25-9-10-38(30(41)37-13-11-36(12-14-37)15-16-39)28(21-4-2-6-24(34)18-21)31(25)26-8-7-23(33)19-27(26)35-29(31)40/h1-8,18-20,25,28,39H,9-17H2,(H,35,40)/t20?,25-,28-,31+/m0/s1. The van der Waals surface area contributed by atoms with Gasteiger partial charge in [0.2, 0.25) is 5.91 Å². The number of halogens is 3. The molecule has 3 aliphatic heterocycles. The first-order valence-corrected chi connectivity index (χ1v) is 14.9. The molecule has 1 aliphatic carbocycles. The van der Waals surface area contributed by atoms with Crippen molar-refractivity contribution in [2.75, 3.05) is 51.2 Å². The van der Waals surface area contributed by atoms with E-state index in [9.17, 15) is 19.1 Å². The third kappa shape index (κ3) is 4.95. The maximum atomic E-state index is 14.9. The van der Waals surface area contributed by atoms with Crippen LogP contribution in [0.2, 0.25) is 5.02 Å². The summed E-state index contributed by atoms with van der Waals surface area (Å²) in [6.07, 6.45) is 7.04. The van der Waals surface area contributed by atoms with Crippen LogP contribution in [0.5, 0.6) is 0 Å². The zero-order valence-electron chi connectivity index (χ0n) is 22.6. The lowest BCUT2D eigenvalue weighted by Crippen LogP contribution is -2.63. The van der Waals surface area contributed by atoms with E-state index in [0.717, 1.165) is 5.56 Å². The molecule has 2 aromatic rings. The number of hydrogen-bond donors (Lipinski definition) is 2. The number of benzene rings is 2. The minimum atomic E-state index is -1.20. The van der Waals surface area contributed by atoms with Crippen LogP contribution in [0.1, 0.15) is 30.0 Å². The summed E-state index contributed by atoms with van der Waals surface area (Å²) in [6.45, 7) is 3.35. The first-order valence-electron chi connectivity index (χ1n) is 14.1. The lowest BCUT2D eigenvalue weighted by atomic mass is 9.56. The molecule has 6 rings (SSSR count). The Bertz CT molecular complexity index is 1410. The fourth-order valence-electron chi connectivity index (χ4n) is 7.36. The van der Waals surface area contributed by atoms with Gasteiger partial charge in [0.15, 0.2) is 0 Å². The quantitative estimate of drug-likeness (QED) is 0.510. The number of piperazine rings is 1. The molecule has 0 saturated carbocycles. The largest absolute Gasteiger partial charge is 0.395 e. The molecule has 41 heavy (non-hydrogen) atoms. The third-order valence-electron chi connectivity index (χ3n) is 9.11. The van der Waals surface area contributed by atoms with Crippen LogP contribution in [0.4, 0.5) is 14.9 Å². The monoisotopic (exact) mass is 598 g/mol. The summed E-state index contributed by atoms with van der Waals surface area (Å²) in [7, 11) is 0. The first-order chi connectivity index (χ1) is 19.8. The number of nitrogens with zero attached hydrogens (tertiary/aromatic N) is 3. The van der Waals surface area contributed by atoms with Crippen molar-refractivity contribution in [1.82, 2.24) is 14.7 Å². The lowest BCUT2D eigenvalue weighted by Gasteiger charge is -2.54. The van der Waals surface area contributed by atoms with Gasteiger partial charge >= 0.3 is 6.03 Å². The SMILES string of the molecule is O=C(N1CCN(CCO)CC1)N1CC[C@@H](C2C=CC=C(Cl)C2)[C@]2(C(=O)Nc3cc(Cl)ccc32)[C@@H]1c1cccc(F)c1. The van der Waals surface area contributed by atoms with Crippen LogP contribution < -0.4 is 5.32 Å². The second-order valence-electron chi connectivity index (χ2n) is 11.3. The van der Waals surface area contributed by atoms with E-state index >= 15 is 0 Å². The number of aliphatic hydroxyl groups excluding tert-OH is 1. The molecule has 7 nitrogen and oxygen atoms in total. The van der Waals surface area contributed by atoms with Gasteiger partial charge in [0.05, 0.1) is 12.6 Å². The van der Waals surface area contributed by atoms with Gasteiger partial charge in [-0.15, -0.1) is 0 Å². The summed E-state index contributed by atoms with van der Waals surface area (Å²) in [6, 6.07) is 10.7. The number of β-amino-alcohol motifs (C(OH)–C–C–N with tert-alkyl or cyclic N) is 1. The topological polar surface area (TPSA) is 76.1 Å². The van der Waals surface area contributed by atoms with Crippen LogP contribution >= 0.6 is 23.2 Å². The molecule has 2 fully saturated rings. The number of urea groups is 1. The normalized spacial score (nSPS) is 28.0. The molecule has 3 amide bonds. The Labute approximate surface area is 249 Å². The van der Waals surface area contributed by atoms with Crippen molar-refractivity contribution in [3.8, 4) is 0 Å². The maximum Gasteiger partial charge on any atom is 0.320 e. The van der Waals surface area contributed by atoms with Crippen LogP contribution in [0, 0.1) is 17.7 Å². The molecule has 1 unspecified atom stereocenters. The number of carbonyl (C=O) groups is 2. The average molecular weight is 600 g/mol. The fraction of sp³-hybridized carbons (Fsp3) is 0.419. The van der Waals surface area contributed by atoms with E-state index < -0.39 is 17.3 Å². The molecule has 1 spiro atoms. The maximum absolute atomic E-state index is 14.9. The Morgan fingerprint density at radius 2 is 1.90 bits per heavy atom. The molecule has 0 radical (unpaired) electrons. The Balaban J connectivity index is 1.49. The van der Waals surface area contributed by atoms with Crippen molar-refractivity contribution in [3.05, 3.63) is 87.7 Å². The molecular weight excluding hydrogens is 566 g/mol. The van der Waals surface area contributed by atoms with Crippen molar-refractivity contribution in [2.45, 2.75) is 24.3 Å². The smallest absolute Gasteiger partial charge is 0.320 e. The molecule has 0 bridgehead atoms. The van der Waals surface area contributed by atoms with Gasteiger partial charge in [-0.3, -0.25) is 9.69 Å². The molecular formula is C31H33Cl2FN4O3. The minimum Gasteiger partial charge on any atom is -0.395 e. The van der Waals surface area contributed by atoms with Crippen molar-refractivity contribution in [1.29, 1.82) is 0 Å². The van der Waals surface area contributed by atoms with Crippen molar-refractivity contribution in [3.63, 3.8) is 0 Å². The number of amides is 3. The summed E-state index contributed by atoms with van der Waals surface area (Å²) < 4.78 is 14.9. The number of rotatable bonds is 4. The summed E-state index contributed by atoms with van der Waals surface area (Å²) in [5.74, 6) is -0.931. The molecule has 4 aliphatic rings. The Hall–Kier alpha value is -2.91. The van der Waals surface area contributed by atoms with Gasteiger partial charge in [0.25, 0.3) is 0 Å². The minimum absolute atomic E-state index is 0.0600. The summed E-state index contributed by atoms with van der Waals surface area (Å²) >= 11 is 12.9. The summed E-state index contributed by atoms with van der Waals surface area (Å²) in [5, 5.41) is 13.6. The number of anilines is 1. The number of piperidine rings is 1. The Morgan fingerprint density at radius 1 is 1.10 bits per heavy atom. The number of allylic oxidation sites excluding steroid dienone is 4. The molecule has 3 heterocycles. The zero-order chi connectivity index (χ0) is 28.7. The van der Waals surface area contributed by atoms with E-state index in [1.165, 1.54) is 12.1 Å². The number of hydrogen-bond acceptors (Lipinski definition) is 4. The zero-order valence-corrected chi connectivity index (χ0v) is 24.1. The van der Waals surface area contributed by atoms with Crippen molar-refractivity contribution >= 4 is 40.8 Å². The van der Waals surface area contributed by atoms with E-state index in [-0.39, 0.29) is 30.4 Å². The third-order valence-corrected chi connectivity index (χ3v) is 9.63. The number of carbonyl (C=O) groups excluding carboxylic acids is 2. The van der Waals surface area contributed by atoms with Gasteiger partial charge < -0.3 is 20.2 Å². The lowest BCUT2D eigenvalue weighted by molar-refractivity contribution is -0.129. The van der Waals surface area contributed by atoms with Crippen LogP contribution in [0.3, 0.4) is 0 Å². The average Bonchev–Trinajstić information content (AvgIpc) is 3.23. The Morgan fingerprint density at radius 3 is 2.63 bits per heavy atom. The number of nitrogens with one attached hydrogen (secondary N) is 1. The van der Waals surface area contributed by atoms with E-state index in [4.69, 9.17) is 23.2 Å². The number of fused-ring (bicyclic) bond motifs is 2. The Kier molecular flexibility index (Phi) is 7.85. The molecule has 4 atom stereocenters. The van der Waals surface area contributed by atoms with Crippen molar-refractivity contribution < 1.29 is 19.1 Å². The highest BCUT2D eigenvalue weighted by Crippen LogP contribution is 2.59. The summed E-state index contributed by atoms with van der Waals surface area (Å²) in [4.78, 5) is 34.5. The predicted octanol–water partition coefficient (Wildman–Crippen LogP) is 5.16. The van der Waals surface area contributed by atoms with Gasteiger partial charge in [0.1, 0.15) is 11.2 Å². The molecule has 2 saturated heterocycles. The van der Waals surface area contributed by atoms with E-state index in [0.29, 0.717) is 73.4 Å². The van der Waals surface area contributed by atoms with Gasteiger partial charge in [-0.05, 0) is 66.1 Å². The molecule has 2 N–H and O–H groups in total. The molecule has 2 aromatic carbocycles. The molecule has 10 heteroatoms. The predicted molar refractivity (Wildman–Crippen MR) is 157 cm³/mol. The number of likely N-dealkylation sites (tertiary alicyclic amines) is 1. The van der Waals surface area contributed by atoms with Crippen molar-refractivity contribution in [2.24, 2.45) is 11.8 Å². The van der Waals surface area contributed by atoms with Crippen LogP contribution in [-0.4, -0.2) is 77.6 Å². The van der Waals surface area contributed by atoms with Gasteiger partial charge in [0, 0.05) is 55.0 Å². The highest BCUT2D eigenvalue weighted by atomic mass is 35.5. The fourth-order valence-corrected chi connectivity index (χ4v) is 7.78. The van der Waals surface area contributed by atoms with Crippen LogP contribution in [-0.2, 0) is 10.2 Å². The molecule has 0 aromatic heterocycles. The van der Waals surface area contributed by atoms with Gasteiger partial charge in [-0.2, -0.15) is 0 Å². The highest BCUT2D eigenvalue weighted by Gasteiger charge is 2.63. The number of aliphatic hydroxyl groups is 1. The van der Waals surface area contributed by atoms with Crippen LogP contribution in [0.15, 0.2) is 65.7 Å². The van der Waals surface area contributed by atoms with Gasteiger partial charge in [-0.1, -0.05) is 53.6 Å². The van der Waals surface area contributed by atoms with Crippen LogP contribution in [0.25, 0.3) is 0 Å². The highest BCUT2D eigenvalue weighted by molar-refractivity contribution is 6.31. The van der Waals surface area contributed by atoms with E-state index in [1.807, 2.05) is 29.2 Å². The van der Waals surface area contributed by atoms with Gasteiger partial charge in [-0.25, -0.2) is 9.18 Å². The van der Waals surface area contributed by atoms with E-state index in [1.54, 1.807) is 23.1 Å².